The average Bonchev–Trinajstić information content (AvgIpc) is 2.38. The van der Waals surface area contributed by atoms with Gasteiger partial charge in [0.05, 0.1) is 5.69 Å². The zero-order chi connectivity index (χ0) is 16.0. The summed E-state index contributed by atoms with van der Waals surface area (Å²) in [5.41, 5.74) is 4.38. The quantitative estimate of drug-likeness (QED) is 0.914. The molecule has 1 aromatic carbocycles. The minimum atomic E-state index is -4.54. The number of nitrogens with zero attached hydrogens (tertiary/aromatic N) is 1. The molecular formula is C14H17F3N2O2. The first-order valence-corrected chi connectivity index (χ1v) is 6.55. The number of fused-ring (bicyclic) bond motifs is 1. The highest BCUT2D eigenvalue weighted by atomic mass is 19.4. The molecule has 1 aliphatic rings. The van der Waals surface area contributed by atoms with Crippen molar-refractivity contribution in [3.05, 3.63) is 23.8 Å². The van der Waals surface area contributed by atoms with Gasteiger partial charge in [-0.2, -0.15) is 13.2 Å². The van der Waals surface area contributed by atoms with Crippen molar-refractivity contribution in [2.24, 2.45) is 5.73 Å². The van der Waals surface area contributed by atoms with Crippen LogP contribution in [0.5, 0.6) is 5.75 Å². The third-order valence-electron chi connectivity index (χ3n) is 3.43. The van der Waals surface area contributed by atoms with Gasteiger partial charge in [-0.05, 0) is 38.5 Å². The molecule has 0 saturated heterocycles. The summed E-state index contributed by atoms with van der Waals surface area (Å²) in [6.07, 6.45) is -4.54. The van der Waals surface area contributed by atoms with Crippen LogP contribution in [0.25, 0.3) is 0 Å². The van der Waals surface area contributed by atoms with Crippen LogP contribution in [0.4, 0.5) is 18.9 Å². The number of rotatable bonds is 2. The van der Waals surface area contributed by atoms with E-state index in [0.29, 0.717) is 18.0 Å². The minimum absolute atomic E-state index is 0.101. The molecule has 21 heavy (non-hydrogen) atoms. The van der Waals surface area contributed by atoms with Gasteiger partial charge in [0.1, 0.15) is 11.8 Å². The van der Waals surface area contributed by atoms with Crippen molar-refractivity contribution in [1.29, 1.82) is 0 Å². The molecule has 1 atom stereocenters. The predicted molar refractivity (Wildman–Crippen MR) is 72.2 cm³/mol. The number of likely N-dealkylation sites (N-methyl/N-ethyl adjacent to an activating group) is 1. The van der Waals surface area contributed by atoms with E-state index in [0.717, 1.165) is 0 Å². The van der Waals surface area contributed by atoms with Gasteiger partial charge in [-0.25, -0.2) is 0 Å². The van der Waals surface area contributed by atoms with E-state index in [-0.39, 0.29) is 11.5 Å². The summed E-state index contributed by atoms with van der Waals surface area (Å²) < 4.78 is 43.7. The first-order valence-electron chi connectivity index (χ1n) is 6.55. The summed E-state index contributed by atoms with van der Waals surface area (Å²) in [4.78, 5) is 13.7. The van der Waals surface area contributed by atoms with Gasteiger partial charge in [0, 0.05) is 6.54 Å². The van der Waals surface area contributed by atoms with E-state index < -0.39 is 17.8 Å². The number of benzene rings is 1. The third kappa shape index (κ3) is 2.70. The van der Waals surface area contributed by atoms with Crippen LogP contribution < -0.4 is 15.4 Å². The normalized spacial score (nSPS) is 19.0. The highest BCUT2D eigenvalue weighted by Gasteiger charge is 2.42. The Morgan fingerprint density at radius 2 is 2.00 bits per heavy atom. The zero-order valence-electron chi connectivity index (χ0n) is 12.0. The Hall–Kier alpha value is -1.76. The van der Waals surface area contributed by atoms with Crippen molar-refractivity contribution in [2.45, 2.75) is 38.6 Å². The van der Waals surface area contributed by atoms with Gasteiger partial charge in [-0.1, -0.05) is 6.07 Å². The van der Waals surface area contributed by atoms with Crippen LogP contribution in [0.2, 0.25) is 0 Å². The maximum atomic E-state index is 12.7. The fourth-order valence-corrected chi connectivity index (χ4v) is 2.28. The lowest BCUT2D eigenvalue weighted by Crippen LogP contribution is -2.52. The highest BCUT2D eigenvalue weighted by Crippen LogP contribution is 2.41. The van der Waals surface area contributed by atoms with Crippen molar-refractivity contribution in [3.8, 4) is 5.75 Å². The van der Waals surface area contributed by atoms with Crippen LogP contribution in [0.15, 0.2) is 18.2 Å². The Kier molecular flexibility index (Phi) is 3.65. The zero-order valence-corrected chi connectivity index (χ0v) is 12.0. The number of hydrogen-bond acceptors (Lipinski definition) is 3. The highest BCUT2D eigenvalue weighted by molar-refractivity contribution is 6.02. The summed E-state index contributed by atoms with van der Waals surface area (Å²) >= 11 is 0. The van der Waals surface area contributed by atoms with Gasteiger partial charge in [0.15, 0.2) is 5.60 Å². The third-order valence-corrected chi connectivity index (χ3v) is 3.43. The molecule has 1 unspecified atom stereocenters. The molecule has 0 bridgehead atoms. The Morgan fingerprint density at radius 3 is 2.52 bits per heavy atom. The number of nitrogens with two attached hydrogens (primary N) is 1. The lowest BCUT2D eigenvalue weighted by molar-refractivity contribution is -0.149. The summed E-state index contributed by atoms with van der Waals surface area (Å²) in [6.45, 7) is 5.33. The first kappa shape index (κ1) is 15.6. The summed E-state index contributed by atoms with van der Waals surface area (Å²) in [7, 11) is 0. The monoisotopic (exact) mass is 302 g/mol. The Morgan fingerprint density at radius 1 is 1.38 bits per heavy atom. The second kappa shape index (κ2) is 4.91. The van der Waals surface area contributed by atoms with Crippen molar-refractivity contribution in [2.75, 3.05) is 11.4 Å². The molecule has 0 saturated carbocycles. The van der Waals surface area contributed by atoms with Crippen molar-refractivity contribution < 1.29 is 22.7 Å². The number of carbonyl (C=O) groups excluding carboxylic acids is 1. The van der Waals surface area contributed by atoms with E-state index in [1.807, 2.05) is 0 Å². The van der Waals surface area contributed by atoms with Gasteiger partial charge in [0.25, 0.3) is 5.91 Å². The van der Waals surface area contributed by atoms with Crippen molar-refractivity contribution >= 4 is 11.6 Å². The van der Waals surface area contributed by atoms with E-state index in [9.17, 15) is 18.0 Å². The van der Waals surface area contributed by atoms with Crippen LogP contribution in [-0.4, -0.2) is 24.2 Å². The molecule has 0 aromatic heterocycles. The van der Waals surface area contributed by atoms with E-state index in [1.54, 1.807) is 20.8 Å². The molecule has 116 valence electrons. The van der Waals surface area contributed by atoms with Gasteiger partial charge in [-0.3, -0.25) is 4.79 Å². The maximum Gasteiger partial charge on any atom is 0.407 e. The van der Waals surface area contributed by atoms with E-state index in [1.165, 1.54) is 23.1 Å². The van der Waals surface area contributed by atoms with E-state index >= 15 is 0 Å². The number of alkyl halides is 3. The van der Waals surface area contributed by atoms with Gasteiger partial charge in [0.2, 0.25) is 0 Å². The fraction of sp³-hybridized carbons (Fsp3) is 0.500. The molecule has 4 nitrogen and oxygen atoms in total. The van der Waals surface area contributed by atoms with Crippen molar-refractivity contribution in [1.82, 2.24) is 0 Å². The molecule has 0 radical (unpaired) electrons. The lowest BCUT2D eigenvalue weighted by Gasteiger charge is -2.38. The summed E-state index contributed by atoms with van der Waals surface area (Å²) in [5.74, 6) is 0.0785. The number of ether oxygens (including phenoxy) is 1. The Balaban J connectivity index is 2.49. The molecule has 0 fully saturated rings. The summed E-state index contributed by atoms with van der Waals surface area (Å²) in [5, 5.41) is 0. The molecule has 1 amide bonds. The number of halogens is 3. The predicted octanol–water partition coefficient (Wildman–Crippen LogP) is 2.77. The largest absolute Gasteiger partial charge is 0.476 e. The maximum absolute atomic E-state index is 12.7. The van der Waals surface area contributed by atoms with Gasteiger partial charge in [-0.15, -0.1) is 0 Å². The van der Waals surface area contributed by atoms with E-state index in [4.69, 9.17) is 10.5 Å². The van der Waals surface area contributed by atoms with Crippen LogP contribution in [0.3, 0.4) is 0 Å². The van der Waals surface area contributed by atoms with Crippen LogP contribution >= 0.6 is 0 Å². The average molecular weight is 302 g/mol. The number of carbonyl (C=O) groups is 1. The molecule has 0 aliphatic carbocycles. The topological polar surface area (TPSA) is 55.6 Å². The molecular weight excluding hydrogens is 285 g/mol. The van der Waals surface area contributed by atoms with Gasteiger partial charge >= 0.3 is 6.18 Å². The molecule has 1 aliphatic heterocycles. The molecule has 2 N–H and O–H groups in total. The summed E-state index contributed by atoms with van der Waals surface area (Å²) in [6, 6.07) is 1.88. The molecule has 2 rings (SSSR count). The SMILES string of the molecule is CCN1C(=O)C(C)(C)Oc2ccc(C(N)C(F)(F)F)cc21. The van der Waals surface area contributed by atoms with Gasteiger partial charge < -0.3 is 15.4 Å². The minimum Gasteiger partial charge on any atom is -0.476 e. The van der Waals surface area contributed by atoms with Crippen molar-refractivity contribution in [3.63, 3.8) is 0 Å². The first-order chi connectivity index (χ1) is 9.58. The Bertz CT molecular complexity index is 570. The number of hydrogen-bond donors (Lipinski definition) is 1. The second-order valence-electron chi connectivity index (χ2n) is 5.41. The Labute approximate surface area is 120 Å². The molecule has 0 spiro atoms. The van der Waals surface area contributed by atoms with E-state index in [2.05, 4.69) is 0 Å². The van der Waals surface area contributed by atoms with Crippen LogP contribution in [0.1, 0.15) is 32.4 Å². The second-order valence-corrected chi connectivity index (χ2v) is 5.41. The number of amides is 1. The molecule has 1 heterocycles. The standard InChI is InChI=1S/C14H17F3N2O2/c1-4-19-9-7-8(11(18)14(15,16)17)5-6-10(9)21-13(2,3)12(19)20/h5-7,11H,4,18H2,1-3H3. The fourth-order valence-electron chi connectivity index (χ4n) is 2.28. The smallest absolute Gasteiger partial charge is 0.407 e. The lowest BCUT2D eigenvalue weighted by atomic mass is 10.0. The molecule has 7 heteroatoms. The van der Waals surface area contributed by atoms with Crippen LogP contribution in [0, 0.1) is 0 Å². The molecule has 1 aromatic rings. The van der Waals surface area contributed by atoms with Crippen LogP contribution in [-0.2, 0) is 4.79 Å². The number of anilines is 1.